The van der Waals surface area contributed by atoms with Crippen molar-refractivity contribution in [1.29, 1.82) is 0 Å². The number of aryl methyl sites for hydroxylation is 1. The number of carbonyl (C=O) groups excluding carboxylic acids is 4. The minimum Gasteiger partial charge on any atom is -0.462 e. The van der Waals surface area contributed by atoms with Crippen LogP contribution in [0.4, 0.5) is 15.3 Å². The Balaban J connectivity index is 1.63. The van der Waals surface area contributed by atoms with Crippen LogP contribution in [0.2, 0.25) is 0 Å². The van der Waals surface area contributed by atoms with Crippen molar-refractivity contribution < 1.29 is 38.1 Å². The fourth-order valence-corrected chi connectivity index (χ4v) is 4.61. The zero-order valence-corrected chi connectivity index (χ0v) is 27.5. The first-order valence-electron chi connectivity index (χ1n) is 15.0. The normalized spacial score (nSPS) is 13.7. The van der Waals surface area contributed by atoms with E-state index in [1.807, 2.05) is 13.0 Å². The van der Waals surface area contributed by atoms with E-state index < -0.39 is 29.4 Å². The molecule has 46 heavy (non-hydrogen) atoms. The molecule has 0 bridgehead atoms. The Bertz CT molecular complexity index is 1670. The molecule has 1 aliphatic rings. The van der Waals surface area contributed by atoms with Crippen molar-refractivity contribution in [2.45, 2.75) is 73.2 Å². The van der Waals surface area contributed by atoms with E-state index in [1.165, 1.54) is 0 Å². The number of anilines is 1. The van der Waals surface area contributed by atoms with Crippen LogP contribution in [0, 0.1) is 6.92 Å². The first-order valence-corrected chi connectivity index (χ1v) is 15.0. The Kier molecular flexibility index (Phi) is 10.1. The van der Waals surface area contributed by atoms with Crippen LogP contribution < -0.4 is 10.6 Å². The predicted molar refractivity (Wildman–Crippen MR) is 171 cm³/mol. The lowest BCUT2D eigenvalue weighted by atomic mass is 9.99. The number of nitrogens with one attached hydrogen (secondary N) is 3. The van der Waals surface area contributed by atoms with E-state index in [2.05, 4.69) is 20.7 Å². The van der Waals surface area contributed by atoms with Crippen LogP contribution in [-0.4, -0.2) is 69.8 Å². The number of amides is 2. The summed E-state index contributed by atoms with van der Waals surface area (Å²) in [5.74, 6) is -0.828. The average Bonchev–Trinajstić information content (AvgIpc) is 3.61. The molecule has 3 N–H and O–H groups in total. The fraction of sp³-hybridized carbons (Fsp3) is 0.424. The van der Waals surface area contributed by atoms with Gasteiger partial charge in [-0.15, -0.1) is 0 Å². The number of benzene rings is 1. The molecular weight excluding hydrogens is 594 g/mol. The second kappa shape index (κ2) is 13.6. The van der Waals surface area contributed by atoms with E-state index in [0.29, 0.717) is 44.9 Å². The van der Waals surface area contributed by atoms with Gasteiger partial charge in [0, 0.05) is 35.2 Å². The molecule has 0 atom stereocenters. The Morgan fingerprint density at radius 3 is 2.41 bits per heavy atom. The van der Waals surface area contributed by atoms with Crippen molar-refractivity contribution in [3.05, 3.63) is 58.7 Å². The monoisotopic (exact) mass is 635 g/mol. The highest BCUT2D eigenvalue weighted by Crippen LogP contribution is 2.37. The highest BCUT2D eigenvalue weighted by atomic mass is 16.6. The molecule has 0 radical (unpaired) electrons. The van der Waals surface area contributed by atoms with Crippen molar-refractivity contribution in [3.63, 3.8) is 0 Å². The third kappa shape index (κ3) is 8.62. The molecule has 0 aliphatic carbocycles. The topological polar surface area (TPSA) is 163 Å². The number of aromatic nitrogens is 3. The minimum absolute atomic E-state index is 0.0166. The SMILES string of the molecule is CCOC(=O)c1cc(C)[nH]c1/C=C1\C(=O)Nc2ccc(-c3cn(C(=O)OC(C)(C)C)nc3COCCNC(=O)OC(C)(C)C)cc21. The summed E-state index contributed by atoms with van der Waals surface area (Å²) in [6.45, 7) is 14.7. The number of ether oxygens (including phenoxy) is 4. The lowest BCUT2D eigenvalue weighted by Crippen LogP contribution is -2.34. The van der Waals surface area contributed by atoms with E-state index in [9.17, 15) is 19.2 Å². The molecule has 3 aromatic rings. The predicted octanol–water partition coefficient (Wildman–Crippen LogP) is 5.68. The average molecular weight is 636 g/mol. The number of rotatable bonds is 9. The molecule has 0 saturated carbocycles. The standard InChI is InChI=1S/C33H41N5O8/c1-9-44-29(40)23-14-19(2)35-26(23)16-22-21-15-20(10-11-25(21)36-28(22)39)24-17-38(31(42)46-33(6,7)8)37-27(24)18-43-13-12-34-30(41)45-32(3,4)5/h10-11,14-17,35H,9,12-13,18H2,1-8H3,(H,34,41)(H,36,39)/b22-16-. The second-order valence-corrected chi connectivity index (χ2v) is 12.7. The van der Waals surface area contributed by atoms with Gasteiger partial charge in [0.05, 0.1) is 42.3 Å². The van der Waals surface area contributed by atoms with E-state index in [4.69, 9.17) is 18.9 Å². The van der Waals surface area contributed by atoms with Gasteiger partial charge < -0.3 is 34.6 Å². The lowest BCUT2D eigenvalue weighted by Gasteiger charge is -2.19. The number of hydrogen-bond donors (Lipinski definition) is 3. The van der Waals surface area contributed by atoms with Gasteiger partial charge >= 0.3 is 18.2 Å². The van der Waals surface area contributed by atoms with Crippen LogP contribution in [0.3, 0.4) is 0 Å². The molecule has 13 heteroatoms. The van der Waals surface area contributed by atoms with Crippen LogP contribution in [0.15, 0.2) is 30.5 Å². The molecule has 246 valence electrons. The van der Waals surface area contributed by atoms with Crippen LogP contribution in [-0.2, 0) is 30.3 Å². The molecule has 1 aliphatic heterocycles. The first-order chi connectivity index (χ1) is 21.5. The molecule has 0 unspecified atom stereocenters. The van der Waals surface area contributed by atoms with Crippen molar-refractivity contribution in [3.8, 4) is 11.1 Å². The summed E-state index contributed by atoms with van der Waals surface area (Å²) in [6.07, 6.45) is 1.95. The quantitative estimate of drug-likeness (QED) is 0.116. The number of aromatic amines is 1. The van der Waals surface area contributed by atoms with Crippen molar-refractivity contribution >= 4 is 41.4 Å². The van der Waals surface area contributed by atoms with Gasteiger partial charge in [-0.05, 0) is 85.2 Å². The van der Waals surface area contributed by atoms with E-state index in [1.54, 1.807) is 78.9 Å². The highest BCUT2D eigenvalue weighted by molar-refractivity contribution is 6.35. The summed E-state index contributed by atoms with van der Waals surface area (Å²) in [4.78, 5) is 53.6. The van der Waals surface area contributed by atoms with Crippen LogP contribution in [0.1, 0.15) is 81.5 Å². The summed E-state index contributed by atoms with van der Waals surface area (Å²) in [5, 5.41) is 9.95. The van der Waals surface area contributed by atoms with E-state index >= 15 is 0 Å². The number of H-pyrrole nitrogens is 1. The number of hydrogen-bond acceptors (Lipinski definition) is 9. The van der Waals surface area contributed by atoms with Crippen LogP contribution >= 0.6 is 0 Å². The zero-order chi connectivity index (χ0) is 33.8. The van der Waals surface area contributed by atoms with Crippen LogP contribution in [0.25, 0.3) is 22.8 Å². The molecule has 13 nitrogen and oxygen atoms in total. The Morgan fingerprint density at radius 2 is 1.74 bits per heavy atom. The summed E-state index contributed by atoms with van der Waals surface area (Å²) >= 11 is 0. The summed E-state index contributed by atoms with van der Waals surface area (Å²) < 4.78 is 22.8. The van der Waals surface area contributed by atoms with Crippen molar-refractivity contribution in [2.24, 2.45) is 0 Å². The number of alkyl carbamates (subject to hydrolysis) is 1. The maximum Gasteiger partial charge on any atom is 0.435 e. The van der Waals surface area contributed by atoms with Crippen LogP contribution in [0.5, 0.6) is 0 Å². The summed E-state index contributed by atoms with van der Waals surface area (Å²) in [7, 11) is 0. The third-order valence-corrected chi connectivity index (χ3v) is 6.41. The molecular formula is C33H41N5O8. The smallest absolute Gasteiger partial charge is 0.435 e. The summed E-state index contributed by atoms with van der Waals surface area (Å²) in [6, 6.07) is 7.04. The summed E-state index contributed by atoms with van der Waals surface area (Å²) in [5.41, 5.74) is 3.36. The van der Waals surface area contributed by atoms with Gasteiger partial charge in [-0.1, -0.05) is 6.07 Å². The van der Waals surface area contributed by atoms with Gasteiger partial charge in [-0.2, -0.15) is 9.78 Å². The van der Waals surface area contributed by atoms with Gasteiger partial charge in [0.2, 0.25) is 0 Å². The van der Waals surface area contributed by atoms with E-state index in [0.717, 1.165) is 10.4 Å². The van der Waals surface area contributed by atoms with E-state index in [-0.39, 0.29) is 32.3 Å². The highest BCUT2D eigenvalue weighted by Gasteiger charge is 2.28. The van der Waals surface area contributed by atoms with Gasteiger partial charge in [0.25, 0.3) is 5.91 Å². The Hall–Kier alpha value is -4.91. The molecule has 0 spiro atoms. The molecule has 2 aromatic heterocycles. The zero-order valence-electron chi connectivity index (χ0n) is 27.5. The molecule has 3 heterocycles. The maximum absolute atomic E-state index is 13.1. The molecule has 0 fully saturated rings. The largest absolute Gasteiger partial charge is 0.462 e. The molecule has 4 rings (SSSR count). The van der Waals surface area contributed by atoms with Gasteiger partial charge in [-0.25, -0.2) is 14.4 Å². The molecule has 1 aromatic carbocycles. The number of esters is 1. The number of fused-ring (bicyclic) bond motifs is 1. The van der Waals surface area contributed by atoms with Crippen molar-refractivity contribution in [1.82, 2.24) is 20.1 Å². The minimum atomic E-state index is -0.745. The molecule has 0 saturated heterocycles. The maximum atomic E-state index is 13.1. The fourth-order valence-electron chi connectivity index (χ4n) is 4.61. The third-order valence-electron chi connectivity index (χ3n) is 6.41. The Labute approximate surface area is 267 Å². The first kappa shape index (κ1) is 34.0. The number of carbonyl (C=O) groups is 4. The van der Waals surface area contributed by atoms with Gasteiger partial charge in [0.15, 0.2) is 0 Å². The molecule has 2 amide bonds. The Morgan fingerprint density at radius 1 is 1.02 bits per heavy atom. The lowest BCUT2D eigenvalue weighted by molar-refractivity contribution is -0.110. The number of nitrogens with zero attached hydrogens (tertiary/aromatic N) is 2. The van der Waals surface area contributed by atoms with Gasteiger partial charge in [-0.3, -0.25) is 4.79 Å². The second-order valence-electron chi connectivity index (χ2n) is 12.7. The van der Waals surface area contributed by atoms with Gasteiger partial charge in [0.1, 0.15) is 11.2 Å². The van der Waals surface area contributed by atoms with Crippen molar-refractivity contribution in [2.75, 3.05) is 25.1 Å².